The van der Waals surface area contributed by atoms with E-state index in [0.717, 1.165) is 15.8 Å². The summed E-state index contributed by atoms with van der Waals surface area (Å²) in [6, 6.07) is 10.6. The Hall–Kier alpha value is -3.22. The summed E-state index contributed by atoms with van der Waals surface area (Å²) in [5, 5.41) is 3.02. The van der Waals surface area contributed by atoms with Gasteiger partial charge in [-0.2, -0.15) is 0 Å². The zero-order valence-corrected chi connectivity index (χ0v) is 14.2. The van der Waals surface area contributed by atoms with Crippen molar-refractivity contribution in [2.45, 2.75) is 20.4 Å². The van der Waals surface area contributed by atoms with E-state index in [1.165, 1.54) is 4.57 Å². The molecule has 0 aliphatic heterocycles. The van der Waals surface area contributed by atoms with Gasteiger partial charge in [0.25, 0.3) is 5.56 Å². The number of nitrogens with zero attached hydrogens (tertiary/aromatic N) is 3. The summed E-state index contributed by atoms with van der Waals surface area (Å²) in [7, 11) is 1.54. The number of pyridine rings is 1. The molecular weight excluding hydrogens is 320 g/mol. The third-order valence-corrected chi connectivity index (χ3v) is 3.98. The first-order chi connectivity index (χ1) is 11.9. The van der Waals surface area contributed by atoms with Gasteiger partial charge in [0.15, 0.2) is 0 Å². The van der Waals surface area contributed by atoms with E-state index >= 15 is 0 Å². The average Bonchev–Trinajstić information content (AvgIpc) is 2.57. The Balaban J connectivity index is 2.07. The molecule has 0 saturated carbocycles. The molecule has 0 aliphatic carbocycles. The van der Waals surface area contributed by atoms with E-state index in [9.17, 15) is 14.4 Å². The lowest BCUT2D eigenvalue weighted by Gasteiger charge is -2.12. The Morgan fingerprint density at radius 2 is 1.84 bits per heavy atom. The highest BCUT2D eigenvalue weighted by Gasteiger charge is 2.16. The summed E-state index contributed by atoms with van der Waals surface area (Å²) in [6.45, 7) is 3.23. The van der Waals surface area contributed by atoms with Gasteiger partial charge in [-0.3, -0.25) is 18.7 Å². The highest BCUT2D eigenvalue weighted by Crippen LogP contribution is 2.12. The molecule has 3 rings (SSSR count). The van der Waals surface area contributed by atoms with Crippen LogP contribution in [0.1, 0.15) is 11.3 Å². The monoisotopic (exact) mass is 338 g/mol. The summed E-state index contributed by atoms with van der Waals surface area (Å²) >= 11 is 0. The molecular formula is C18H18N4O3. The first-order valence-electron chi connectivity index (χ1n) is 7.81. The van der Waals surface area contributed by atoms with Gasteiger partial charge in [-0.25, -0.2) is 9.78 Å². The van der Waals surface area contributed by atoms with Gasteiger partial charge in [0, 0.05) is 18.4 Å². The number of aromatic nitrogens is 3. The quantitative estimate of drug-likeness (QED) is 0.781. The molecule has 3 aromatic rings. The van der Waals surface area contributed by atoms with E-state index in [1.807, 2.05) is 6.07 Å². The van der Waals surface area contributed by atoms with Crippen molar-refractivity contribution >= 4 is 22.6 Å². The molecule has 1 aromatic carbocycles. The molecule has 2 aromatic heterocycles. The van der Waals surface area contributed by atoms with E-state index < -0.39 is 17.2 Å². The zero-order chi connectivity index (χ0) is 18.1. The van der Waals surface area contributed by atoms with Crippen molar-refractivity contribution in [1.29, 1.82) is 0 Å². The molecule has 0 radical (unpaired) electrons. The van der Waals surface area contributed by atoms with Crippen LogP contribution in [-0.2, 0) is 18.4 Å². The second-order valence-corrected chi connectivity index (χ2v) is 5.93. The molecule has 25 heavy (non-hydrogen) atoms. The molecule has 1 N–H and O–H groups in total. The first kappa shape index (κ1) is 16.6. The summed E-state index contributed by atoms with van der Waals surface area (Å²) in [4.78, 5) is 41.8. The summed E-state index contributed by atoms with van der Waals surface area (Å²) in [5.74, 6) is -0.442. The van der Waals surface area contributed by atoms with Gasteiger partial charge in [0.05, 0.1) is 5.39 Å². The largest absolute Gasteiger partial charge is 0.332 e. The molecule has 0 bridgehead atoms. The normalized spacial score (nSPS) is 10.8. The Kier molecular flexibility index (Phi) is 4.22. The van der Waals surface area contributed by atoms with Crippen molar-refractivity contribution in [2.24, 2.45) is 7.05 Å². The molecule has 0 fully saturated rings. The fraction of sp³-hybridized carbons (Fsp3) is 0.222. The van der Waals surface area contributed by atoms with E-state index in [2.05, 4.69) is 10.3 Å². The maximum Gasteiger partial charge on any atom is 0.332 e. The van der Waals surface area contributed by atoms with E-state index in [-0.39, 0.29) is 6.54 Å². The van der Waals surface area contributed by atoms with Gasteiger partial charge in [0.2, 0.25) is 5.91 Å². The number of anilines is 1. The van der Waals surface area contributed by atoms with Crippen LogP contribution in [0.2, 0.25) is 0 Å². The molecule has 128 valence electrons. The van der Waals surface area contributed by atoms with Gasteiger partial charge in [-0.15, -0.1) is 0 Å². The van der Waals surface area contributed by atoms with Crippen LogP contribution in [0.15, 0.2) is 46.0 Å². The molecule has 7 heteroatoms. The van der Waals surface area contributed by atoms with Gasteiger partial charge in [-0.05, 0) is 37.6 Å². The van der Waals surface area contributed by atoms with Crippen LogP contribution < -0.4 is 16.6 Å². The van der Waals surface area contributed by atoms with Crippen molar-refractivity contribution in [2.75, 3.05) is 5.32 Å². The third-order valence-electron chi connectivity index (χ3n) is 3.98. The van der Waals surface area contributed by atoms with Crippen LogP contribution in [0.3, 0.4) is 0 Å². The number of carbonyl (C=O) groups excluding carboxylic acids is 1. The third kappa shape index (κ3) is 3.08. The van der Waals surface area contributed by atoms with Crippen molar-refractivity contribution < 1.29 is 4.79 Å². The highest BCUT2D eigenvalue weighted by molar-refractivity contribution is 5.90. The fourth-order valence-corrected chi connectivity index (χ4v) is 2.82. The van der Waals surface area contributed by atoms with Gasteiger partial charge in [-0.1, -0.05) is 18.2 Å². The van der Waals surface area contributed by atoms with Crippen LogP contribution in [0.5, 0.6) is 0 Å². The Labute approximate surface area is 143 Å². The Morgan fingerprint density at radius 3 is 2.52 bits per heavy atom. The minimum absolute atomic E-state index is 0.326. The fourth-order valence-electron chi connectivity index (χ4n) is 2.82. The van der Waals surface area contributed by atoms with E-state index in [1.54, 1.807) is 51.2 Å². The number of para-hydroxylation sites is 1. The average molecular weight is 338 g/mol. The number of aryl methyl sites for hydroxylation is 3. The van der Waals surface area contributed by atoms with Crippen molar-refractivity contribution in [3.63, 3.8) is 0 Å². The molecule has 0 unspecified atom stereocenters. The lowest BCUT2D eigenvalue weighted by Crippen LogP contribution is -2.42. The predicted octanol–water partition coefficient (Wildman–Crippen LogP) is 1.35. The number of carbonyl (C=O) groups is 1. The van der Waals surface area contributed by atoms with Crippen LogP contribution in [0, 0.1) is 13.8 Å². The van der Waals surface area contributed by atoms with Crippen molar-refractivity contribution in [3.8, 4) is 0 Å². The molecule has 0 aliphatic rings. The Bertz CT molecular complexity index is 1080. The number of fused-ring (bicyclic) bond motifs is 1. The Morgan fingerprint density at radius 1 is 1.16 bits per heavy atom. The second kappa shape index (κ2) is 6.35. The molecule has 2 heterocycles. The number of hydrogen-bond acceptors (Lipinski definition) is 4. The molecule has 7 nitrogen and oxygen atoms in total. The van der Waals surface area contributed by atoms with Crippen molar-refractivity contribution in [1.82, 2.24) is 14.1 Å². The minimum atomic E-state index is -0.571. The predicted molar refractivity (Wildman–Crippen MR) is 95.8 cm³/mol. The van der Waals surface area contributed by atoms with Crippen LogP contribution in [-0.4, -0.2) is 20.0 Å². The number of hydrogen-bond donors (Lipinski definition) is 1. The van der Waals surface area contributed by atoms with Gasteiger partial charge in [0.1, 0.15) is 12.2 Å². The van der Waals surface area contributed by atoms with Gasteiger partial charge < -0.3 is 5.32 Å². The number of rotatable bonds is 3. The van der Waals surface area contributed by atoms with E-state index in [0.29, 0.717) is 16.7 Å². The summed E-state index contributed by atoms with van der Waals surface area (Å²) < 4.78 is 2.23. The minimum Gasteiger partial charge on any atom is -0.325 e. The molecule has 1 amide bonds. The topological polar surface area (TPSA) is 86.0 Å². The summed E-state index contributed by atoms with van der Waals surface area (Å²) in [6.07, 6.45) is 0. The number of amides is 1. The molecule has 0 atom stereocenters. The maximum absolute atomic E-state index is 12.8. The number of nitrogens with one attached hydrogen (secondary N) is 1. The highest BCUT2D eigenvalue weighted by atomic mass is 16.2. The van der Waals surface area contributed by atoms with E-state index in [4.69, 9.17) is 0 Å². The molecule has 0 saturated heterocycles. The van der Waals surface area contributed by atoms with Crippen LogP contribution in [0.4, 0.5) is 5.69 Å². The van der Waals surface area contributed by atoms with Crippen LogP contribution in [0.25, 0.3) is 11.0 Å². The summed E-state index contributed by atoms with van der Waals surface area (Å²) in [5.41, 5.74) is 1.29. The SMILES string of the molecule is Cc1cc(C)c2c(=O)n(CC(=O)Nc3ccccc3)c(=O)n(C)c2n1. The lowest BCUT2D eigenvalue weighted by atomic mass is 10.2. The van der Waals surface area contributed by atoms with Crippen molar-refractivity contribution in [3.05, 3.63) is 68.5 Å². The maximum atomic E-state index is 12.8. The first-order valence-corrected chi connectivity index (χ1v) is 7.81. The van der Waals surface area contributed by atoms with Gasteiger partial charge >= 0.3 is 5.69 Å². The second-order valence-electron chi connectivity index (χ2n) is 5.93. The molecule has 0 spiro atoms. The lowest BCUT2D eigenvalue weighted by molar-refractivity contribution is -0.116. The van der Waals surface area contributed by atoms with Crippen LogP contribution >= 0.6 is 0 Å². The standard InChI is InChI=1S/C18H18N4O3/c1-11-9-12(2)19-16-15(11)17(24)22(18(25)21(16)3)10-14(23)20-13-7-5-4-6-8-13/h4-9H,10H2,1-3H3,(H,20,23). The number of benzene rings is 1. The smallest absolute Gasteiger partial charge is 0.325 e. The zero-order valence-electron chi connectivity index (χ0n) is 14.2.